The summed E-state index contributed by atoms with van der Waals surface area (Å²) in [6.07, 6.45) is 3.66. The van der Waals surface area contributed by atoms with Gasteiger partial charge in [-0.05, 0) is 41.5 Å². The lowest BCUT2D eigenvalue weighted by atomic mass is 9.95. The first-order valence-corrected chi connectivity index (χ1v) is 5.93. The zero-order valence-electron chi connectivity index (χ0n) is 11.7. The molecule has 0 saturated carbocycles. The van der Waals surface area contributed by atoms with Gasteiger partial charge in [0, 0.05) is 23.0 Å². The van der Waals surface area contributed by atoms with Crippen molar-refractivity contribution in [2.24, 2.45) is 0 Å². The van der Waals surface area contributed by atoms with E-state index in [1.54, 1.807) is 12.5 Å². The number of aromatic amines is 1. The van der Waals surface area contributed by atoms with Gasteiger partial charge in [0.2, 0.25) is 5.91 Å². The molecule has 1 aromatic rings. The van der Waals surface area contributed by atoms with E-state index in [-0.39, 0.29) is 17.0 Å². The number of carbonyl (C=O) groups is 1. The van der Waals surface area contributed by atoms with Crippen LogP contribution in [0.4, 0.5) is 0 Å². The molecule has 0 saturated heterocycles. The maximum atomic E-state index is 12.4. The Labute approximate surface area is 103 Å². The van der Waals surface area contributed by atoms with Gasteiger partial charge in [0.15, 0.2) is 0 Å². The third-order valence-electron chi connectivity index (χ3n) is 2.49. The summed E-state index contributed by atoms with van der Waals surface area (Å²) in [6.45, 7) is 12.4. The number of H-pyrrole nitrogens is 1. The van der Waals surface area contributed by atoms with Crippen LogP contribution in [0, 0.1) is 0 Å². The Morgan fingerprint density at radius 2 is 1.76 bits per heavy atom. The Bertz CT molecular complexity index is 354. The van der Waals surface area contributed by atoms with E-state index in [9.17, 15) is 4.79 Å². The molecule has 0 aromatic carbocycles. The monoisotopic (exact) mass is 237 g/mol. The number of rotatable bonds is 2. The molecule has 0 aliphatic heterocycles. The molecular weight excluding hydrogens is 214 g/mol. The number of carbonyl (C=O) groups excluding carboxylic acids is 1. The summed E-state index contributed by atoms with van der Waals surface area (Å²) in [5.41, 5.74) is 0.485. The zero-order chi connectivity index (χ0) is 13.3. The van der Waals surface area contributed by atoms with Crippen LogP contribution in [0.5, 0.6) is 0 Å². The van der Waals surface area contributed by atoms with Crippen LogP contribution in [0.3, 0.4) is 0 Å². The van der Waals surface area contributed by atoms with E-state index in [1.807, 2.05) is 4.90 Å². The molecule has 1 heterocycles. The van der Waals surface area contributed by atoms with Crippen LogP contribution in [-0.2, 0) is 11.2 Å². The molecule has 4 nitrogen and oxygen atoms in total. The molecule has 4 heteroatoms. The molecule has 1 aromatic heterocycles. The minimum atomic E-state index is -0.185. The number of hydrogen-bond donors (Lipinski definition) is 1. The quantitative estimate of drug-likeness (QED) is 0.858. The molecule has 0 bridgehead atoms. The third-order valence-corrected chi connectivity index (χ3v) is 2.49. The van der Waals surface area contributed by atoms with Crippen molar-refractivity contribution < 1.29 is 4.79 Å². The highest BCUT2D eigenvalue weighted by atomic mass is 16.2. The fraction of sp³-hybridized carbons (Fsp3) is 0.692. The number of aromatic nitrogens is 2. The zero-order valence-corrected chi connectivity index (χ0v) is 11.7. The van der Waals surface area contributed by atoms with Crippen LogP contribution in [0.2, 0.25) is 0 Å². The van der Waals surface area contributed by atoms with Gasteiger partial charge >= 0.3 is 0 Å². The lowest BCUT2D eigenvalue weighted by molar-refractivity contribution is -0.142. The third kappa shape index (κ3) is 3.58. The van der Waals surface area contributed by atoms with E-state index in [2.05, 4.69) is 51.5 Å². The first-order valence-electron chi connectivity index (χ1n) is 5.93. The summed E-state index contributed by atoms with van der Waals surface area (Å²) in [7, 11) is 0. The first-order chi connectivity index (χ1) is 7.62. The molecule has 0 spiro atoms. The average molecular weight is 237 g/mol. The SMILES string of the molecule is CC(C)(C)N(C(=O)Cc1cnc[nH]1)C(C)(C)C. The van der Waals surface area contributed by atoms with Crippen molar-refractivity contribution in [3.8, 4) is 0 Å². The second-order valence-electron chi connectivity index (χ2n) is 6.32. The molecule has 96 valence electrons. The van der Waals surface area contributed by atoms with Crippen LogP contribution < -0.4 is 0 Å². The predicted octanol–water partition coefficient (Wildman–Crippen LogP) is 2.38. The van der Waals surface area contributed by atoms with Gasteiger partial charge in [-0.3, -0.25) is 4.79 Å². The van der Waals surface area contributed by atoms with Crippen molar-refractivity contribution in [2.75, 3.05) is 0 Å². The van der Waals surface area contributed by atoms with Crippen molar-refractivity contribution in [1.29, 1.82) is 0 Å². The van der Waals surface area contributed by atoms with E-state index in [4.69, 9.17) is 0 Å². The van der Waals surface area contributed by atoms with Crippen LogP contribution in [0.25, 0.3) is 0 Å². The van der Waals surface area contributed by atoms with E-state index < -0.39 is 0 Å². The predicted molar refractivity (Wildman–Crippen MR) is 68.6 cm³/mol. The maximum Gasteiger partial charge on any atom is 0.229 e. The highest BCUT2D eigenvalue weighted by molar-refractivity contribution is 5.79. The molecule has 0 fully saturated rings. The molecule has 0 aliphatic rings. The number of hydrogen-bond acceptors (Lipinski definition) is 2. The van der Waals surface area contributed by atoms with Gasteiger partial charge in [-0.25, -0.2) is 4.98 Å². The van der Waals surface area contributed by atoms with Crippen LogP contribution >= 0.6 is 0 Å². The van der Waals surface area contributed by atoms with Crippen molar-refractivity contribution >= 4 is 5.91 Å². The first kappa shape index (κ1) is 13.7. The highest BCUT2D eigenvalue weighted by Crippen LogP contribution is 2.25. The fourth-order valence-corrected chi connectivity index (χ4v) is 2.38. The minimum Gasteiger partial charge on any atom is -0.348 e. The lowest BCUT2D eigenvalue weighted by Crippen LogP contribution is -2.56. The molecule has 0 unspecified atom stereocenters. The van der Waals surface area contributed by atoms with Gasteiger partial charge in [0.1, 0.15) is 0 Å². The van der Waals surface area contributed by atoms with E-state index >= 15 is 0 Å². The van der Waals surface area contributed by atoms with Gasteiger partial charge in [-0.2, -0.15) is 0 Å². The smallest absolute Gasteiger partial charge is 0.229 e. The Morgan fingerprint density at radius 1 is 1.24 bits per heavy atom. The van der Waals surface area contributed by atoms with Crippen molar-refractivity contribution in [3.63, 3.8) is 0 Å². The van der Waals surface area contributed by atoms with Crippen molar-refractivity contribution in [1.82, 2.24) is 14.9 Å². The van der Waals surface area contributed by atoms with Gasteiger partial charge in [0.25, 0.3) is 0 Å². The van der Waals surface area contributed by atoms with Gasteiger partial charge < -0.3 is 9.88 Å². The van der Waals surface area contributed by atoms with Crippen LogP contribution in [-0.4, -0.2) is 31.9 Å². The largest absolute Gasteiger partial charge is 0.348 e. The Kier molecular flexibility index (Phi) is 3.65. The average Bonchev–Trinajstić information content (AvgIpc) is 2.49. The molecule has 0 radical (unpaired) electrons. The Hall–Kier alpha value is -1.32. The number of imidazole rings is 1. The highest BCUT2D eigenvalue weighted by Gasteiger charge is 2.35. The van der Waals surface area contributed by atoms with Crippen LogP contribution in [0.1, 0.15) is 47.2 Å². The summed E-state index contributed by atoms with van der Waals surface area (Å²) in [4.78, 5) is 21.2. The summed E-state index contributed by atoms with van der Waals surface area (Å²) in [5, 5.41) is 0. The summed E-state index contributed by atoms with van der Waals surface area (Å²) >= 11 is 0. The molecular formula is C13H23N3O. The molecule has 1 rings (SSSR count). The molecule has 1 N–H and O–H groups in total. The van der Waals surface area contributed by atoms with E-state index in [1.165, 1.54) is 0 Å². The Balaban J connectivity index is 2.89. The number of amides is 1. The van der Waals surface area contributed by atoms with E-state index in [0.29, 0.717) is 6.42 Å². The van der Waals surface area contributed by atoms with Gasteiger partial charge in [0.05, 0.1) is 12.7 Å². The van der Waals surface area contributed by atoms with Crippen molar-refractivity contribution in [2.45, 2.75) is 59.0 Å². The normalized spacial score (nSPS) is 12.6. The summed E-state index contributed by atoms with van der Waals surface area (Å²) in [6, 6.07) is 0. The lowest BCUT2D eigenvalue weighted by Gasteiger charge is -2.45. The van der Waals surface area contributed by atoms with E-state index in [0.717, 1.165) is 5.69 Å². The topological polar surface area (TPSA) is 49.0 Å². The molecule has 1 amide bonds. The Morgan fingerprint density at radius 3 is 2.12 bits per heavy atom. The van der Waals surface area contributed by atoms with Gasteiger partial charge in [-0.15, -0.1) is 0 Å². The summed E-state index contributed by atoms with van der Waals surface area (Å²) in [5.74, 6) is 0.120. The molecule has 0 aliphatic carbocycles. The van der Waals surface area contributed by atoms with Gasteiger partial charge in [-0.1, -0.05) is 0 Å². The number of nitrogens with one attached hydrogen (secondary N) is 1. The van der Waals surface area contributed by atoms with Crippen LogP contribution in [0.15, 0.2) is 12.5 Å². The molecule has 17 heavy (non-hydrogen) atoms. The van der Waals surface area contributed by atoms with Crippen molar-refractivity contribution in [3.05, 3.63) is 18.2 Å². The summed E-state index contributed by atoms with van der Waals surface area (Å²) < 4.78 is 0. The maximum absolute atomic E-state index is 12.4. The number of nitrogens with zero attached hydrogens (tertiary/aromatic N) is 2. The standard InChI is InChI=1S/C13H23N3O/c1-12(2,3)16(13(4,5)6)11(17)7-10-8-14-9-15-10/h8-9H,7H2,1-6H3,(H,14,15). The molecule has 0 atom stereocenters. The minimum absolute atomic E-state index is 0.120. The second kappa shape index (κ2) is 4.51. The second-order valence-corrected chi connectivity index (χ2v) is 6.32. The fourth-order valence-electron chi connectivity index (χ4n) is 2.38.